The number of aromatic amines is 1. The van der Waals surface area contributed by atoms with E-state index >= 15 is 0 Å². The molecule has 0 atom stereocenters. The van der Waals surface area contributed by atoms with Gasteiger partial charge in [-0.05, 0) is 57.0 Å². The van der Waals surface area contributed by atoms with Crippen LogP contribution in [0.3, 0.4) is 0 Å². The van der Waals surface area contributed by atoms with E-state index in [0.29, 0.717) is 11.5 Å². The smallest absolute Gasteiger partial charge is 0.342 e. The number of hydrogen-bond donors (Lipinski definition) is 1. The van der Waals surface area contributed by atoms with Crippen molar-refractivity contribution in [3.05, 3.63) is 58.4 Å². The number of amides is 1. The third-order valence-corrected chi connectivity index (χ3v) is 5.27. The third-order valence-electron chi connectivity index (χ3n) is 5.27. The summed E-state index contributed by atoms with van der Waals surface area (Å²) in [4.78, 5) is 35.2. The van der Waals surface area contributed by atoms with Crippen LogP contribution in [0.2, 0.25) is 0 Å². The number of rotatable bonds is 4. The number of halogens is 2. The van der Waals surface area contributed by atoms with E-state index in [4.69, 9.17) is 4.74 Å². The van der Waals surface area contributed by atoms with Crippen LogP contribution in [0.4, 0.5) is 14.6 Å². The number of nitrogens with one attached hydrogen (secondary N) is 1. The Balaban J connectivity index is 2.19. The fourth-order valence-corrected chi connectivity index (χ4v) is 4.02. The van der Waals surface area contributed by atoms with Gasteiger partial charge in [0.2, 0.25) is 0 Å². The SMILES string of the molecule is CC=Nc1[nH]c2c(c1C)C(C)(C)CN(C(=O)c1ccc(F)c(F)c1)C=C2C(=O)OC(C)C. The first-order valence-corrected chi connectivity index (χ1v) is 10.4. The molecule has 1 aliphatic heterocycles. The Kier molecular flexibility index (Phi) is 6.34. The molecule has 3 rings (SSSR count). The van der Waals surface area contributed by atoms with Gasteiger partial charge in [-0.2, -0.15) is 0 Å². The Labute approximate surface area is 186 Å². The van der Waals surface area contributed by atoms with Gasteiger partial charge in [0.05, 0.1) is 17.4 Å². The lowest BCUT2D eigenvalue weighted by atomic mass is 9.81. The molecule has 2 heterocycles. The molecule has 1 aromatic carbocycles. The first-order chi connectivity index (χ1) is 15.0. The molecule has 0 spiro atoms. The number of carbonyl (C=O) groups is 2. The molecular formula is C24H27F2N3O3. The Morgan fingerprint density at radius 3 is 2.53 bits per heavy atom. The summed E-state index contributed by atoms with van der Waals surface area (Å²) in [5.74, 6) is -2.69. The van der Waals surface area contributed by atoms with Gasteiger partial charge in [-0.15, -0.1) is 0 Å². The van der Waals surface area contributed by atoms with E-state index in [1.807, 2.05) is 20.8 Å². The lowest BCUT2D eigenvalue weighted by molar-refractivity contribution is -0.140. The zero-order chi connectivity index (χ0) is 23.8. The summed E-state index contributed by atoms with van der Waals surface area (Å²) in [6.45, 7) is 11.3. The van der Waals surface area contributed by atoms with Gasteiger partial charge in [0.25, 0.3) is 5.91 Å². The van der Waals surface area contributed by atoms with E-state index in [0.717, 1.165) is 23.3 Å². The number of nitrogens with zero attached hydrogens (tertiary/aromatic N) is 2. The highest BCUT2D eigenvalue weighted by molar-refractivity contribution is 6.17. The molecular weight excluding hydrogens is 416 g/mol. The number of aliphatic imine (C=N–C) groups is 1. The topological polar surface area (TPSA) is 74.8 Å². The minimum atomic E-state index is -1.11. The molecule has 0 saturated carbocycles. The van der Waals surface area contributed by atoms with Crippen molar-refractivity contribution >= 4 is 29.5 Å². The van der Waals surface area contributed by atoms with Crippen molar-refractivity contribution in [2.45, 2.75) is 53.1 Å². The maximum absolute atomic E-state index is 13.8. The van der Waals surface area contributed by atoms with Gasteiger partial charge in [0.15, 0.2) is 11.6 Å². The van der Waals surface area contributed by atoms with Gasteiger partial charge in [-0.1, -0.05) is 13.8 Å². The third kappa shape index (κ3) is 4.35. The minimum Gasteiger partial charge on any atom is -0.459 e. The fraction of sp³-hybridized carbons (Fsp3) is 0.375. The summed E-state index contributed by atoms with van der Waals surface area (Å²) in [5, 5.41) is 0. The molecule has 1 aliphatic rings. The van der Waals surface area contributed by atoms with Crippen molar-refractivity contribution in [2.24, 2.45) is 4.99 Å². The lowest BCUT2D eigenvalue weighted by Gasteiger charge is -2.30. The monoisotopic (exact) mass is 443 g/mol. The fourth-order valence-electron chi connectivity index (χ4n) is 4.02. The summed E-state index contributed by atoms with van der Waals surface area (Å²) < 4.78 is 32.6. The van der Waals surface area contributed by atoms with E-state index in [1.54, 1.807) is 27.0 Å². The summed E-state index contributed by atoms with van der Waals surface area (Å²) >= 11 is 0. The summed E-state index contributed by atoms with van der Waals surface area (Å²) in [6.07, 6.45) is 2.69. The molecule has 1 N–H and O–H groups in total. The quantitative estimate of drug-likeness (QED) is 0.531. The first kappa shape index (κ1) is 23.4. The number of ether oxygens (including phenoxy) is 1. The van der Waals surface area contributed by atoms with Gasteiger partial charge in [0.1, 0.15) is 5.82 Å². The highest BCUT2D eigenvalue weighted by Gasteiger charge is 2.38. The van der Waals surface area contributed by atoms with Gasteiger partial charge < -0.3 is 14.6 Å². The predicted octanol–water partition coefficient (Wildman–Crippen LogP) is 5.05. The van der Waals surface area contributed by atoms with E-state index in [9.17, 15) is 18.4 Å². The molecule has 1 aromatic heterocycles. The van der Waals surface area contributed by atoms with Crippen molar-refractivity contribution in [1.29, 1.82) is 0 Å². The molecule has 8 heteroatoms. The first-order valence-electron chi connectivity index (χ1n) is 10.4. The Bertz CT molecular complexity index is 1130. The zero-order valence-corrected chi connectivity index (χ0v) is 19.0. The normalized spacial score (nSPS) is 15.5. The molecule has 0 radical (unpaired) electrons. The number of fused-ring (bicyclic) bond motifs is 1. The van der Waals surface area contributed by atoms with Crippen molar-refractivity contribution in [3.8, 4) is 0 Å². The average molecular weight is 443 g/mol. The van der Waals surface area contributed by atoms with Crippen LogP contribution in [0.5, 0.6) is 0 Å². The molecule has 0 fully saturated rings. The van der Waals surface area contributed by atoms with Gasteiger partial charge in [-0.25, -0.2) is 18.6 Å². The van der Waals surface area contributed by atoms with Crippen LogP contribution in [0.25, 0.3) is 5.57 Å². The van der Waals surface area contributed by atoms with Crippen molar-refractivity contribution in [2.75, 3.05) is 6.54 Å². The minimum absolute atomic E-state index is 0.0221. The highest BCUT2D eigenvalue weighted by Crippen LogP contribution is 2.41. The predicted molar refractivity (Wildman–Crippen MR) is 119 cm³/mol. The van der Waals surface area contributed by atoms with Crippen molar-refractivity contribution in [3.63, 3.8) is 0 Å². The second kappa shape index (κ2) is 8.68. The summed E-state index contributed by atoms with van der Waals surface area (Å²) in [5.41, 5.74) is 1.77. The molecule has 32 heavy (non-hydrogen) atoms. The standard InChI is InChI=1S/C24H27F2N3O3/c1-7-27-21-14(4)19-20(28-21)16(23(31)32-13(2)3)11-29(12-24(19,5)6)22(30)15-8-9-17(25)18(26)10-15/h7-11,13,28H,12H2,1-6H3. The van der Waals surface area contributed by atoms with E-state index in [2.05, 4.69) is 9.98 Å². The second-order valence-corrected chi connectivity index (χ2v) is 8.68. The van der Waals surface area contributed by atoms with Crippen LogP contribution < -0.4 is 0 Å². The van der Waals surface area contributed by atoms with E-state index in [1.165, 1.54) is 17.2 Å². The van der Waals surface area contributed by atoms with Crippen LogP contribution in [0, 0.1) is 18.6 Å². The molecule has 6 nitrogen and oxygen atoms in total. The maximum atomic E-state index is 13.8. The van der Waals surface area contributed by atoms with E-state index in [-0.39, 0.29) is 23.8 Å². The number of H-pyrrole nitrogens is 1. The van der Waals surface area contributed by atoms with Crippen LogP contribution in [0.15, 0.2) is 29.4 Å². The Morgan fingerprint density at radius 2 is 1.94 bits per heavy atom. The average Bonchev–Trinajstić information content (AvgIpc) is 2.96. The number of hydrogen-bond acceptors (Lipinski definition) is 4. The van der Waals surface area contributed by atoms with Gasteiger partial charge in [0, 0.05) is 29.9 Å². The number of benzene rings is 1. The number of carbonyl (C=O) groups excluding carboxylic acids is 2. The Morgan fingerprint density at radius 1 is 1.25 bits per heavy atom. The summed E-state index contributed by atoms with van der Waals surface area (Å²) in [6, 6.07) is 2.98. The second-order valence-electron chi connectivity index (χ2n) is 8.68. The molecule has 0 saturated heterocycles. The molecule has 1 amide bonds. The van der Waals surface area contributed by atoms with E-state index < -0.39 is 28.9 Å². The molecule has 0 aliphatic carbocycles. The summed E-state index contributed by atoms with van der Waals surface area (Å²) in [7, 11) is 0. The number of aromatic nitrogens is 1. The molecule has 170 valence electrons. The van der Waals surface area contributed by atoms with Crippen molar-refractivity contribution in [1.82, 2.24) is 9.88 Å². The Hall–Kier alpha value is -3.29. The molecule has 0 bridgehead atoms. The zero-order valence-electron chi connectivity index (χ0n) is 19.0. The van der Waals surface area contributed by atoms with Gasteiger partial charge in [-0.3, -0.25) is 4.79 Å². The van der Waals surface area contributed by atoms with Crippen LogP contribution in [0.1, 0.15) is 61.8 Å². The largest absolute Gasteiger partial charge is 0.459 e. The molecule has 2 aromatic rings. The highest BCUT2D eigenvalue weighted by atomic mass is 19.2. The van der Waals surface area contributed by atoms with Crippen LogP contribution in [-0.2, 0) is 14.9 Å². The molecule has 0 unspecified atom stereocenters. The van der Waals surface area contributed by atoms with Crippen molar-refractivity contribution < 1.29 is 23.1 Å². The van der Waals surface area contributed by atoms with Gasteiger partial charge >= 0.3 is 5.97 Å². The van der Waals surface area contributed by atoms with Crippen LogP contribution in [-0.4, -0.2) is 40.6 Å². The van der Waals surface area contributed by atoms with Crippen LogP contribution >= 0.6 is 0 Å². The maximum Gasteiger partial charge on any atom is 0.342 e. The number of esters is 1. The lowest BCUT2D eigenvalue weighted by Crippen LogP contribution is -2.37.